The summed E-state index contributed by atoms with van der Waals surface area (Å²) in [4.78, 5) is 16.4. The highest BCUT2D eigenvalue weighted by molar-refractivity contribution is 5.86. The van der Waals surface area contributed by atoms with Crippen molar-refractivity contribution in [3.8, 4) is 0 Å². The molecule has 140 valence electrons. The third kappa shape index (κ3) is 11.4. The Morgan fingerprint density at radius 1 is 0.870 bits per heavy atom. The van der Waals surface area contributed by atoms with Crippen LogP contribution >= 0.6 is 37.2 Å². The minimum Gasteiger partial charge on any atom is -0.465 e. The van der Waals surface area contributed by atoms with Crippen molar-refractivity contribution >= 4 is 43.2 Å². The molecule has 1 N–H and O–H groups in total. The molecule has 0 radical (unpaired) electrons. The number of piperidine rings is 1. The molecule has 0 atom stereocenters. The Hall–Kier alpha value is 0.220. The van der Waals surface area contributed by atoms with Crippen molar-refractivity contribution in [1.82, 2.24) is 15.1 Å². The molecule has 2 saturated heterocycles. The lowest BCUT2D eigenvalue weighted by Gasteiger charge is -2.27. The molecule has 0 bridgehead atoms. The van der Waals surface area contributed by atoms with Gasteiger partial charge in [-0.05, 0) is 45.3 Å². The van der Waals surface area contributed by atoms with Crippen LogP contribution in [0, 0.1) is 0 Å². The summed E-state index contributed by atoms with van der Waals surface area (Å²) in [7, 11) is 0. The van der Waals surface area contributed by atoms with Crippen LogP contribution in [0.15, 0.2) is 0 Å². The number of carbonyl (C=O) groups excluding carboxylic acids is 1. The van der Waals surface area contributed by atoms with Gasteiger partial charge >= 0.3 is 5.97 Å². The number of piperazine rings is 1. The normalized spacial score (nSPS) is 19.0. The first-order valence-corrected chi connectivity index (χ1v) is 8.15. The number of halogens is 3. The van der Waals surface area contributed by atoms with Crippen molar-refractivity contribution in [3.05, 3.63) is 0 Å². The Kier molecular flexibility index (Phi) is 17.4. The minimum atomic E-state index is -0.0472. The average Bonchev–Trinajstić information content (AvgIpc) is 2.49. The monoisotopic (exact) mass is 391 g/mol. The lowest BCUT2D eigenvalue weighted by atomic mass is 10.1. The summed E-state index contributed by atoms with van der Waals surface area (Å²) < 4.78 is 5.32. The quantitative estimate of drug-likeness (QED) is 0.530. The van der Waals surface area contributed by atoms with Crippen LogP contribution in [0.3, 0.4) is 0 Å². The van der Waals surface area contributed by atoms with E-state index in [2.05, 4.69) is 15.1 Å². The second-order valence-electron chi connectivity index (χ2n) is 5.86. The van der Waals surface area contributed by atoms with E-state index in [9.17, 15) is 4.79 Å². The van der Waals surface area contributed by atoms with Gasteiger partial charge < -0.3 is 15.0 Å². The highest BCUT2D eigenvalue weighted by atomic mass is 35.5. The molecule has 2 aliphatic heterocycles. The predicted molar refractivity (Wildman–Crippen MR) is 102 cm³/mol. The molecule has 0 unspecified atom stereocenters. The van der Waals surface area contributed by atoms with Gasteiger partial charge in [0.2, 0.25) is 0 Å². The summed E-state index contributed by atoms with van der Waals surface area (Å²) in [5.41, 5.74) is 0. The van der Waals surface area contributed by atoms with Crippen LogP contribution < -0.4 is 5.32 Å². The zero-order valence-corrected chi connectivity index (χ0v) is 16.3. The second-order valence-corrected chi connectivity index (χ2v) is 5.86. The first-order chi connectivity index (χ1) is 9.84. The predicted octanol–water partition coefficient (Wildman–Crippen LogP) is 1.97. The fraction of sp³-hybridized carbons (Fsp3) is 0.933. The van der Waals surface area contributed by atoms with Gasteiger partial charge in [-0.3, -0.25) is 9.69 Å². The van der Waals surface area contributed by atoms with Crippen LogP contribution in [-0.2, 0) is 9.53 Å². The molecule has 0 spiro atoms. The molecule has 5 nitrogen and oxygen atoms in total. The number of rotatable bonds is 7. The summed E-state index contributed by atoms with van der Waals surface area (Å²) in [5.74, 6) is -0.0472. The number of likely N-dealkylation sites (tertiary alicyclic amines) is 1. The third-order valence-electron chi connectivity index (χ3n) is 4.14. The van der Waals surface area contributed by atoms with Gasteiger partial charge in [-0.2, -0.15) is 0 Å². The summed E-state index contributed by atoms with van der Waals surface area (Å²) in [6, 6.07) is 0. The van der Waals surface area contributed by atoms with Crippen LogP contribution in [0.2, 0.25) is 0 Å². The van der Waals surface area contributed by atoms with Crippen molar-refractivity contribution in [2.24, 2.45) is 0 Å². The van der Waals surface area contributed by atoms with E-state index in [4.69, 9.17) is 4.74 Å². The average molecular weight is 393 g/mol. The van der Waals surface area contributed by atoms with Crippen molar-refractivity contribution in [3.63, 3.8) is 0 Å². The first kappa shape index (κ1) is 25.5. The molecule has 0 aromatic heterocycles. The summed E-state index contributed by atoms with van der Waals surface area (Å²) in [5, 5.41) is 3.35. The zero-order chi connectivity index (χ0) is 14.0. The number of unbranched alkanes of at least 4 members (excludes halogenated alkanes) is 1. The standard InChI is InChI=1S/C15H29N3O2.3ClH/c19-15(14-18-9-2-1-3-10-18)20-13-5-4-8-17-11-6-16-7-12-17;;;/h16H,1-14H2;3*1H. The molecule has 0 aromatic rings. The Bertz CT molecular complexity index is 287. The molecular weight excluding hydrogens is 361 g/mol. The Morgan fingerprint density at radius 2 is 1.52 bits per heavy atom. The SMILES string of the molecule is Cl.Cl.Cl.O=C(CN1CCCCC1)OCCCCN1CCNCC1. The van der Waals surface area contributed by atoms with Crippen molar-refractivity contribution in [2.45, 2.75) is 32.1 Å². The smallest absolute Gasteiger partial charge is 0.320 e. The molecular formula is C15H32Cl3N3O2. The van der Waals surface area contributed by atoms with E-state index >= 15 is 0 Å². The summed E-state index contributed by atoms with van der Waals surface area (Å²) in [6.07, 6.45) is 5.85. The number of carbonyl (C=O) groups is 1. The topological polar surface area (TPSA) is 44.8 Å². The zero-order valence-electron chi connectivity index (χ0n) is 13.8. The maximum absolute atomic E-state index is 11.7. The number of esters is 1. The van der Waals surface area contributed by atoms with Gasteiger partial charge in [0.15, 0.2) is 0 Å². The van der Waals surface area contributed by atoms with E-state index in [1.54, 1.807) is 0 Å². The molecule has 2 heterocycles. The molecule has 2 fully saturated rings. The fourth-order valence-electron chi connectivity index (χ4n) is 2.90. The number of ether oxygens (including phenoxy) is 1. The van der Waals surface area contributed by atoms with E-state index in [0.29, 0.717) is 13.2 Å². The lowest BCUT2D eigenvalue weighted by molar-refractivity contribution is -0.145. The van der Waals surface area contributed by atoms with E-state index in [1.807, 2.05) is 0 Å². The van der Waals surface area contributed by atoms with Crippen LogP contribution in [0.4, 0.5) is 0 Å². The number of hydrogen-bond donors (Lipinski definition) is 1. The molecule has 8 heteroatoms. The number of hydrogen-bond acceptors (Lipinski definition) is 5. The lowest BCUT2D eigenvalue weighted by Crippen LogP contribution is -2.43. The van der Waals surface area contributed by atoms with Crippen molar-refractivity contribution < 1.29 is 9.53 Å². The summed E-state index contributed by atoms with van der Waals surface area (Å²) >= 11 is 0. The van der Waals surface area contributed by atoms with Crippen LogP contribution in [0.5, 0.6) is 0 Å². The first-order valence-electron chi connectivity index (χ1n) is 8.15. The molecule has 0 aromatic carbocycles. The molecule has 23 heavy (non-hydrogen) atoms. The maximum atomic E-state index is 11.7. The van der Waals surface area contributed by atoms with Gasteiger partial charge in [0, 0.05) is 26.2 Å². The van der Waals surface area contributed by atoms with Gasteiger partial charge in [0.1, 0.15) is 0 Å². The highest BCUT2D eigenvalue weighted by Crippen LogP contribution is 2.08. The van der Waals surface area contributed by atoms with Crippen LogP contribution in [0.25, 0.3) is 0 Å². The Labute approximate surface area is 159 Å². The molecule has 0 amide bonds. The van der Waals surface area contributed by atoms with Crippen molar-refractivity contribution in [2.75, 3.05) is 59.0 Å². The maximum Gasteiger partial charge on any atom is 0.320 e. The van der Waals surface area contributed by atoms with Gasteiger partial charge in [-0.25, -0.2) is 0 Å². The van der Waals surface area contributed by atoms with Crippen LogP contribution in [0.1, 0.15) is 32.1 Å². The molecule has 0 aliphatic carbocycles. The molecule has 2 aliphatic rings. The van der Waals surface area contributed by atoms with Crippen molar-refractivity contribution in [1.29, 1.82) is 0 Å². The Balaban J connectivity index is 0. The van der Waals surface area contributed by atoms with Gasteiger partial charge in [0.25, 0.3) is 0 Å². The second kappa shape index (κ2) is 15.7. The largest absolute Gasteiger partial charge is 0.465 e. The number of nitrogens with one attached hydrogen (secondary N) is 1. The highest BCUT2D eigenvalue weighted by Gasteiger charge is 2.14. The number of nitrogens with zero attached hydrogens (tertiary/aromatic N) is 2. The van der Waals surface area contributed by atoms with E-state index in [-0.39, 0.29) is 43.2 Å². The van der Waals surface area contributed by atoms with Gasteiger partial charge in [-0.15, -0.1) is 37.2 Å². The minimum absolute atomic E-state index is 0. The summed E-state index contributed by atoms with van der Waals surface area (Å²) in [6.45, 7) is 8.80. The van der Waals surface area contributed by atoms with E-state index < -0.39 is 0 Å². The van der Waals surface area contributed by atoms with Gasteiger partial charge in [0.05, 0.1) is 13.2 Å². The van der Waals surface area contributed by atoms with Crippen LogP contribution in [-0.4, -0.2) is 74.7 Å². The van der Waals surface area contributed by atoms with E-state index in [0.717, 1.165) is 58.7 Å². The third-order valence-corrected chi connectivity index (χ3v) is 4.14. The Morgan fingerprint density at radius 3 is 2.17 bits per heavy atom. The van der Waals surface area contributed by atoms with Gasteiger partial charge in [-0.1, -0.05) is 6.42 Å². The molecule has 0 saturated carbocycles. The fourth-order valence-corrected chi connectivity index (χ4v) is 2.90. The van der Waals surface area contributed by atoms with E-state index in [1.165, 1.54) is 19.3 Å². The molecule has 2 rings (SSSR count).